The number of rotatable bonds is 6. The second kappa shape index (κ2) is 7.69. The number of ether oxygens (including phenoxy) is 2. The lowest BCUT2D eigenvalue weighted by Gasteiger charge is -2.57. The first kappa shape index (κ1) is 22.1. The summed E-state index contributed by atoms with van der Waals surface area (Å²) in [6.07, 6.45) is 0.857. The molecule has 0 radical (unpaired) electrons. The van der Waals surface area contributed by atoms with Gasteiger partial charge in [-0.25, -0.2) is 4.79 Å². The minimum atomic E-state index is -1.00. The van der Waals surface area contributed by atoms with Gasteiger partial charge in [0.05, 0.1) is 6.54 Å². The molecule has 0 saturated carbocycles. The fourth-order valence-electron chi connectivity index (χ4n) is 4.84. The minimum absolute atomic E-state index is 0.0220. The van der Waals surface area contributed by atoms with Crippen molar-refractivity contribution < 1.29 is 28.7 Å². The smallest absolute Gasteiger partial charge is 0.325 e. The first-order chi connectivity index (χ1) is 12.8. The topological polar surface area (TPSA) is 105 Å². The number of piperidine rings is 1. The predicted molar refractivity (Wildman–Crippen MR) is 100 cm³/mol. The van der Waals surface area contributed by atoms with Gasteiger partial charge in [0, 0.05) is 31.5 Å². The van der Waals surface area contributed by atoms with Crippen LogP contribution in [0, 0.1) is 0 Å². The number of nitrogens with zero attached hydrogens (tertiary/aromatic N) is 2. The average Bonchev–Trinajstić information content (AvgIpc) is 2.72. The molecule has 3 amide bonds. The maximum atomic E-state index is 13.2. The van der Waals surface area contributed by atoms with Gasteiger partial charge in [-0.2, -0.15) is 0 Å². The van der Waals surface area contributed by atoms with Crippen molar-refractivity contribution in [3.8, 4) is 0 Å². The molecule has 0 unspecified atom stereocenters. The van der Waals surface area contributed by atoms with Gasteiger partial charge in [-0.1, -0.05) is 0 Å². The van der Waals surface area contributed by atoms with Crippen LogP contribution in [0.4, 0.5) is 4.79 Å². The molecule has 0 aromatic heterocycles. The lowest BCUT2D eigenvalue weighted by Crippen LogP contribution is -2.70. The molecule has 2 heterocycles. The van der Waals surface area contributed by atoms with Crippen molar-refractivity contribution in [2.24, 2.45) is 0 Å². The third-order valence-corrected chi connectivity index (χ3v) is 5.42. The molecular weight excluding hydrogens is 366 g/mol. The summed E-state index contributed by atoms with van der Waals surface area (Å²) in [7, 11) is 0. The van der Waals surface area contributed by atoms with E-state index in [1.807, 2.05) is 27.7 Å². The van der Waals surface area contributed by atoms with E-state index in [1.54, 1.807) is 0 Å². The van der Waals surface area contributed by atoms with E-state index >= 15 is 0 Å². The van der Waals surface area contributed by atoms with Crippen LogP contribution in [-0.4, -0.2) is 76.6 Å². The molecule has 0 aliphatic carbocycles. The Morgan fingerprint density at radius 1 is 0.929 bits per heavy atom. The molecule has 2 rings (SSSR count). The zero-order valence-electron chi connectivity index (χ0n) is 17.6. The summed E-state index contributed by atoms with van der Waals surface area (Å²) in [5.41, 5.74) is -1.84. The van der Waals surface area contributed by atoms with Gasteiger partial charge in [-0.3, -0.25) is 24.2 Å². The SMILES string of the molecule is CC(=O)OCCN1C(=O)NC2(CC(C)(C)N(CCOC(C)=O)C(C)(C)C2)C1=O. The number of nitrogens with one attached hydrogen (secondary N) is 1. The number of hydrogen-bond acceptors (Lipinski definition) is 7. The fourth-order valence-corrected chi connectivity index (χ4v) is 4.84. The highest BCUT2D eigenvalue weighted by Gasteiger charge is 2.60. The molecule has 2 aliphatic rings. The van der Waals surface area contributed by atoms with Gasteiger partial charge in [0.1, 0.15) is 18.8 Å². The maximum absolute atomic E-state index is 13.2. The summed E-state index contributed by atoms with van der Waals surface area (Å²) in [6.45, 7) is 11.5. The van der Waals surface area contributed by atoms with Crippen molar-refractivity contribution in [3.05, 3.63) is 0 Å². The molecule has 1 spiro atoms. The molecule has 0 aromatic rings. The number of urea groups is 1. The van der Waals surface area contributed by atoms with Gasteiger partial charge in [-0.05, 0) is 40.5 Å². The first-order valence-electron chi connectivity index (χ1n) is 9.49. The van der Waals surface area contributed by atoms with Crippen LogP contribution in [0.2, 0.25) is 0 Å². The van der Waals surface area contributed by atoms with Gasteiger partial charge in [0.25, 0.3) is 5.91 Å². The molecule has 158 valence electrons. The van der Waals surface area contributed by atoms with Crippen molar-refractivity contribution >= 4 is 23.9 Å². The third kappa shape index (κ3) is 4.45. The maximum Gasteiger partial charge on any atom is 0.325 e. The van der Waals surface area contributed by atoms with E-state index in [2.05, 4.69) is 10.2 Å². The van der Waals surface area contributed by atoms with Crippen molar-refractivity contribution in [2.45, 2.75) is 71.0 Å². The predicted octanol–water partition coefficient (Wildman–Crippen LogP) is 1.06. The number of imide groups is 1. The number of esters is 2. The van der Waals surface area contributed by atoms with Gasteiger partial charge >= 0.3 is 18.0 Å². The summed E-state index contributed by atoms with van der Waals surface area (Å²) >= 11 is 0. The van der Waals surface area contributed by atoms with E-state index < -0.39 is 28.6 Å². The average molecular weight is 397 g/mol. The van der Waals surface area contributed by atoms with Crippen LogP contribution < -0.4 is 5.32 Å². The zero-order valence-corrected chi connectivity index (χ0v) is 17.6. The molecule has 2 saturated heterocycles. The highest BCUT2D eigenvalue weighted by molar-refractivity contribution is 6.07. The number of carbonyl (C=O) groups is 4. The Hall–Kier alpha value is -2.16. The molecule has 28 heavy (non-hydrogen) atoms. The van der Waals surface area contributed by atoms with Crippen LogP contribution in [-0.2, 0) is 23.9 Å². The van der Waals surface area contributed by atoms with Crippen molar-refractivity contribution in [3.63, 3.8) is 0 Å². The van der Waals surface area contributed by atoms with E-state index in [0.717, 1.165) is 4.90 Å². The summed E-state index contributed by atoms with van der Waals surface area (Å²) < 4.78 is 9.98. The van der Waals surface area contributed by atoms with Crippen molar-refractivity contribution in [1.29, 1.82) is 0 Å². The van der Waals surface area contributed by atoms with E-state index in [1.165, 1.54) is 13.8 Å². The normalized spacial score (nSPS) is 22.9. The lowest BCUT2D eigenvalue weighted by molar-refractivity contribution is -0.148. The Morgan fingerprint density at radius 3 is 1.86 bits per heavy atom. The Morgan fingerprint density at radius 2 is 1.39 bits per heavy atom. The molecule has 9 heteroatoms. The van der Waals surface area contributed by atoms with Crippen LogP contribution in [0.15, 0.2) is 0 Å². The van der Waals surface area contributed by atoms with Gasteiger partial charge < -0.3 is 14.8 Å². The van der Waals surface area contributed by atoms with Crippen LogP contribution >= 0.6 is 0 Å². The summed E-state index contributed by atoms with van der Waals surface area (Å²) in [5, 5.41) is 2.90. The summed E-state index contributed by atoms with van der Waals surface area (Å²) in [4.78, 5) is 51.0. The monoisotopic (exact) mass is 397 g/mol. The van der Waals surface area contributed by atoms with E-state index in [4.69, 9.17) is 9.47 Å². The molecule has 0 bridgehead atoms. The van der Waals surface area contributed by atoms with Crippen LogP contribution in [0.25, 0.3) is 0 Å². The number of likely N-dealkylation sites (tertiary alicyclic amines) is 1. The lowest BCUT2D eigenvalue weighted by atomic mass is 9.69. The van der Waals surface area contributed by atoms with Crippen LogP contribution in [0.3, 0.4) is 0 Å². The Labute approximate surface area is 165 Å². The molecule has 0 atom stereocenters. The number of carbonyl (C=O) groups excluding carboxylic acids is 4. The molecule has 2 fully saturated rings. The third-order valence-electron chi connectivity index (χ3n) is 5.42. The highest BCUT2D eigenvalue weighted by atomic mass is 16.5. The largest absolute Gasteiger partial charge is 0.465 e. The van der Waals surface area contributed by atoms with E-state index in [9.17, 15) is 19.2 Å². The highest BCUT2D eigenvalue weighted by Crippen LogP contribution is 2.45. The first-order valence-corrected chi connectivity index (χ1v) is 9.49. The second-order valence-electron chi connectivity index (χ2n) is 8.78. The fraction of sp³-hybridized carbons (Fsp3) is 0.789. The summed E-state index contributed by atoms with van der Waals surface area (Å²) in [5.74, 6) is -1.07. The van der Waals surface area contributed by atoms with E-state index in [0.29, 0.717) is 19.4 Å². The Bertz CT molecular complexity index is 655. The Kier molecular flexibility index (Phi) is 6.08. The number of hydrogen-bond donors (Lipinski definition) is 1. The van der Waals surface area contributed by atoms with Gasteiger partial charge in [0.15, 0.2) is 0 Å². The summed E-state index contributed by atoms with van der Waals surface area (Å²) in [6, 6.07) is -0.461. The molecule has 0 aromatic carbocycles. The van der Waals surface area contributed by atoms with Gasteiger partial charge in [0.2, 0.25) is 0 Å². The quantitative estimate of drug-likeness (QED) is 0.528. The van der Waals surface area contributed by atoms with E-state index in [-0.39, 0.29) is 31.6 Å². The number of amides is 3. The molecule has 2 aliphatic heterocycles. The van der Waals surface area contributed by atoms with Crippen LogP contribution in [0.5, 0.6) is 0 Å². The van der Waals surface area contributed by atoms with Gasteiger partial charge in [-0.15, -0.1) is 0 Å². The zero-order chi connectivity index (χ0) is 21.3. The second-order valence-corrected chi connectivity index (χ2v) is 8.78. The van der Waals surface area contributed by atoms with Crippen LogP contribution in [0.1, 0.15) is 54.4 Å². The molecule has 9 nitrogen and oxygen atoms in total. The standard InChI is InChI=1S/C19H31N3O6/c1-13(23)27-9-7-21-15(25)19(20-16(21)26)11-17(3,4)22(18(5,6)12-19)8-10-28-14(2)24/h7-12H2,1-6H3,(H,20,26). The molecule has 1 N–H and O–H groups in total. The Balaban J connectivity index is 2.17. The van der Waals surface area contributed by atoms with Crippen molar-refractivity contribution in [2.75, 3.05) is 26.3 Å². The van der Waals surface area contributed by atoms with Crippen molar-refractivity contribution in [1.82, 2.24) is 15.1 Å². The molecular formula is C19H31N3O6. The minimum Gasteiger partial charge on any atom is -0.465 e.